The molecule has 2 aromatic rings. The van der Waals surface area contributed by atoms with Crippen LogP contribution in [0.1, 0.15) is 10.4 Å². The number of hydrogen-bond acceptors (Lipinski definition) is 3. The van der Waals surface area contributed by atoms with Crippen LogP contribution in [0.4, 0.5) is 0 Å². The monoisotopic (exact) mass is 188 g/mol. The van der Waals surface area contributed by atoms with Crippen LogP contribution in [0.15, 0.2) is 36.9 Å². The minimum absolute atomic E-state index is 0.445. The van der Waals surface area contributed by atoms with E-state index < -0.39 is 5.91 Å². The minimum atomic E-state index is -0.445. The molecule has 0 atom stereocenters. The van der Waals surface area contributed by atoms with Gasteiger partial charge in [-0.05, 0) is 18.2 Å². The molecule has 0 fully saturated rings. The van der Waals surface area contributed by atoms with Crippen molar-refractivity contribution in [1.29, 1.82) is 0 Å². The van der Waals surface area contributed by atoms with Crippen molar-refractivity contribution in [3.05, 3.63) is 42.5 Å². The summed E-state index contributed by atoms with van der Waals surface area (Å²) in [6.45, 7) is 0. The fraction of sp³-hybridized carbons (Fsp3) is 0. The first-order valence-corrected chi connectivity index (χ1v) is 4.02. The van der Waals surface area contributed by atoms with Gasteiger partial charge in [0.2, 0.25) is 5.91 Å². The molecule has 2 N–H and O–H groups in total. The zero-order chi connectivity index (χ0) is 9.97. The molecule has 0 radical (unpaired) electrons. The highest BCUT2D eigenvalue weighted by Crippen LogP contribution is 2.08. The SMILES string of the molecule is NC(=O)c1cccc(-n2cnnc2)c1. The third-order valence-electron chi connectivity index (χ3n) is 1.85. The summed E-state index contributed by atoms with van der Waals surface area (Å²) in [5.41, 5.74) is 6.44. The molecule has 5 heteroatoms. The third kappa shape index (κ3) is 1.47. The normalized spacial score (nSPS) is 10.0. The molecular formula is C9H8N4O. The van der Waals surface area contributed by atoms with Crippen molar-refractivity contribution in [3.63, 3.8) is 0 Å². The number of aromatic nitrogens is 3. The summed E-state index contributed by atoms with van der Waals surface area (Å²) in [7, 11) is 0. The van der Waals surface area contributed by atoms with Crippen LogP contribution in [-0.2, 0) is 0 Å². The molecule has 0 bridgehead atoms. The predicted octanol–water partition coefficient (Wildman–Crippen LogP) is 0.366. The van der Waals surface area contributed by atoms with E-state index in [1.54, 1.807) is 35.4 Å². The standard InChI is InChI=1S/C9H8N4O/c10-9(14)7-2-1-3-8(4-7)13-5-11-12-6-13/h1-6H,(H2,10,14). The van der Waals surface area contributed by atoms with Crippen molar-refractivity contribution < 1.29 is 4.79 Å². The van der Waals surface area contributed by atoms with Crippen LogP contribution in [-0.4, -0.2) is 20.7 Å². The molecule has 0 saturated carbocycles. The van der Waals surface area contributed by atoms with Gasteiger partial charge < -0.3 is 5.73 Å². The molecule has 0 unspecified atom stereocenters. The highest BCUT2D eigenvalue weighted by atomic mass is 16.1. The highest BCUT2D eigenvalue weighted by Gasteiger charge is 2.01. The molecule has 70 valence electrons. The summed E-state index contributed by atoms with van der Waals surface area (Å²) < 4.78 is 1.70. The van der Waals surface area contributed by atoms with Gasteiger partial charge in [0.15, 0.2) is 0 Å². The lowest BCUT2D eigenvalue weighted by Crippen LogP contribution is -2.11. The lowest BCUT2D eigenvalue weighted by molar-refractivity contribution is 0.100. The molecule has 0 saturated heterocycles. The van der Waals surface area contributed by atoms with Crippen molar-refractivity contribution >= 4 is 5.91 Å². The number of carbonyl (C=O) groups is 1. The van der Waals surface area contributed by atoms with Gasteiger partial charge in [-0.2, -0.15) is 0 Å². The number of hydrogen-bond donors (Lipinski definition) is 1. The maximum absolute atomic E-state index is 10.9. The quantitative estimate of drug-likeness (QED) is 0.739. The van der Waals surface area contributed by atoms with Crippen LogP contribution in [0.5, 0.6) is 0 Å². The number of amides is 1. The van der Waals surface area contributed by atoms with Crippen LogP contribution in [0.2, 0.25) is 0 Å². The summed E-state index contributed by atoms with van der Waals surface area (Å²) in [5.74, 6) is -0.445. The molecule has 2 rings (SSSR count). The highest BCUT2D eigenvalue weighted by molar-refractivity contribution is 5.93. The van der Waals surface area contributed by atoms with E-state index in [0.29, 0.717) is 5.56 Å². The maximum Gasteiger partial charge on any atom is 0.248 e. The Labute approximate surface area is 80.2 Å². The number of rotatable bonds is 2. The van der Waals surface area contributed by atoms with Gasteiger partial charge in [-0.1, -0.05) is 6.07 Å². The predicted molar refractivity (Wildman–Crippen MR) is 49.9 cm³/mol. The Hall–Kier alpha value is -2.17. The van der Waals surface area contributed by atoms with Gasteiger partial charge in [0, 0.05) is 11.3 Å². The van der Waals surface area contributed by atoms with Gasteiger partial charge >= 0.3 is 0 Å². The summed E-state index contributed by atoms with van der Waals surface area (Å²) in [4.78, 5) is 10.9. The van der Waals surface area contributed by atoms with Crippen LogP contribution < -0.4 is 5.73 Å². The number of primary amides is 1. The zero-order valence-electron chi connectivity index (χ0n) is 7.29. The molecule has 0 aliphatic heterocycles. The molecule has 1 amide bonds. The van der Waals surface area contributed by atoms with E-state index in [-0.39, 0.29) is 0 Å². The fourth-order valence-corrected chi connectivity index (χ4v) is 1.15. The zero-order valence-corrected chi connectivity index (χ0v) is 7.29. The first kappa shape index (κ1) is 8.43. The summed E-state index contributed by atoms with van der Waals surface area (Å²) in [6.07, 6.45) is 3.11. The Balaban J connectivity index is 2.46. The van der Waals surface area contributed by atoms with E-state index in [1.807, 2.05) is 6.07 Å². The van der Waals surface area contributed by atoms with Crippen molar-refractivity contribution in [1.82, 2.24) is 14.8 Å². The molecule has 0 spiro atoms. The van der Waals surface area contributed by atoms with Crippen molar-refractivity contribution in [2.45, 2.75) is 0 Å². The Kier molecular flexibility index (Phi) is 1.98. The molecule has 5 nitrogen and oxygen atoms in total. The molecule has 0 aliphatic rings. The van der Waals surface area contributed by atoms with Gasteiger partial charge in [0.25, 0.3) is 0 Å². The molecule has 0 aliphatic carbocycles. The second-order valence-corrected chi connectivity index (χ2v) is 2.78. The van der Waals surface area contributed by atoms with Crippen LogP contribution in [0, 0.1) is 0 Å². The van der Waals surface area contributed by atoms with E-state index in [1.165, 1.54) is 0 Å². The Morgan fingerprint density at radius 2 is 2.00 bits per heavy atom. The average Bonchev–Trinajstić information content (AvgIpc) is 2.71. The molecule has 14 heavy (non-hydrogen) atoms. The first-order chi connectivity index (χ1) is 6.77. The van der Waals surface area contributed by atoms with Crippen molar-refractivity contribution in [3.8, 4) is 5.69 Å². The molecule has 1 heterocycles. The van der Waals surface area contributed by atoms with E-state index in [4.69, 9.17) is 5.73 Å². The number of nitrogens with two attached hydrogens (primary N) is 1. The second kappa shape index (κ2) is 3.29. The second-order valence-electron chi connectivity index (χ2n) is 2.78. The average molecular weight is 188 g/mol. The lowest BCUT2D eigenvalue weighted by Gasteiger charge is -2.01. The minimum Gasteiger partial charge on any atom is -0.366 e. The summed E-state index contributed by atoms with van der Waals surface area (Å²) >= 11 is 0. The van der Waals surface area contributed by atoms with Crippen LogP contribution in [0.25, 0.3) is 5.69 Å². The molecular weight excluding hydrogens is 180 g/mol. The fourth-order valence-electron chi connectivity index (χ4n) is 1.15. The Morgan fingerprint density at radius 3 is 2.64 bits per heavy atom. The van der Waals surface area contributed by atoms with Gasteiger partial charge in [-0.15, -0.1) is 10.2 Å². The third-order valence-corrected chi connectivity index (χ3v) is 1.85. The number of benzene rings is 1. The largest absolute Gasteiger partial charge is 0.366 e. The molecule has 1 aromatic carbocycles. The van der Waals surface area contributed by atoms with Crippen molar-refractivity contribution in [2.24, 2.45) is 5.73 Å². The van der Waals surface area contributed by atoms with E-state index in [9.17, 15) is 4.79 Å². The van der Waals surface area contributed by atoms with Gasteiger partial charge in [0.1, 0.15) is 12.7 Å². The smallest absolute Gasteiger partial charge is 0.248 e. The summed E-state index contributed by atoms with van der Waals surface area (Å²) in [6, 6.07) is 6.95. The van der Waals surface area contributed by atoms with Gasteiger partial charge in [0.05, 0.1) is 0 Å². The van der Waals surface area contributed by atoms with Crippen molar-refractivity contribution in [2.75, 3.05) is 0 Å². The number of nitrogens with zero attached hydrogens (tertiary/aromatic N) is 3. The Morgan fingerprint density at radius 1 is 1.29 bits per heavy atom. The van der Waals surface area contributed by atoms with Gasteiger partial charge in [-0.3, -0.25) is 9.36 Å². The Bertz CT molecular complexity index is 450. The van der Waals surface area contributed by atoms with Crippen LogP contribution >= 0.6 is 0 Å². The topological polar surface area (TPSA) is 73.8 Å². The van der Waals surface area contributed by atoms with E-state index >= 15 is 0 Å². The summed E-state index contributed by atoms with van der Waals surface area (Å²) in [5, 5.41) is 7.34. The van der Waals surface area contributed by atoms with E-state index in [2.05, 4.69) is 10.2 Å². The van der Waals surface area contributed by atoms with Gasteiger partial charge in [-0.25, -0.2) is 0 Å². The maximum atomic E-state index is 10.9. The van der Waals surface area contributed by atoms with E-state index in [0.717, 1.165) is 5.69 Å². The number of carbonyl (C=O) groups excluding carboxylic acids is 1. The first-order valence-electron chi connectivity index (χ1n) is 4.02. The molecule has 1 aromatic heterocycles. The van der Waals surface area contributed by atoms with Crippen LogP contribution in [0.3, 0.4) is 0 Å². The lowest BCUT2D eigenvalue weighted by atomic mass is 10.2.